The Morgan fingerprint density at radius 3 is 2.74 bits per heavy atom. The number of aromatic nitrogens is 4. The van der Waals surface area contributed by atoms with E-state index in [0.717, 1.165) is 16.3 Å². The van der Waals surface area contributed by atoms with Crippen molar-refractivity contribution in [2.45, 2.75) is 20.0 Å². The van der Waals surface area contributed by atoms with E-state index < -0.39 is 0 Å². The minimum atomic E-state index is -0.361. The molecule has 0 atom stereocenters. The van der Waals surface area contributed by atoms with Crippen LogP contribution in [0.1, 0.15) is 36.4 Å². The third-order valence-electron chi connectivity index (χ3n) is 5.21. The van der Waals surface area contributed by atoms with Crippen LogP contribution in [0.2, 0.25) is 5.15 Å². The maximum atomic E-state index is 13.2. The van der Waals surface area contributed by atoms with Gasteiger partial charge in [0.1, 0.15) is 10.9 Å². The molecule has 0 saturated heterocycles. The molecule has 4 aromatic rings. The van der Waals surface area contributed by atoms with Gasteiger partial charge in [-0.25, -0.2) is 15.0 Å². The predicted octanol–water partition coefficient (Wildman–Crippen LogP) is 4.44. The Balaban J connectivity index is 1.38. The van der Waals surface area contributed by atoms with Gasteiger partial charge in [0.25, 0.3) is 11.8 Å². The van der Waals surface area contributed by atoms with E-state index in [-0.39, 0.29) is 17.0 Å². The fourth-order valence-electron chi connectivity index (χ4n) is 3.62. The largest absolute Gasteiger partial charge is 0.494 e. The molecule has 1 aliphatic heterocycles. The van der Waals surface area contributed by atoms with Crippen LogP contribution in [0.4, 0.5) is 5.13 Å². The molecule has 34 heavy (non-hydrogen) atoms. The van der Waals surface area contributed by atoms with Gasteiger partial charge in [-0.05, 0) is 19.1 Å². The second kappa shape index (κ2) is 9.09. The van der Waals surface area contributed by atoms with Gasteiger partial charge in [-0.3, -0.25) is 19.9 Å². The number of aryl methyl sites for hydroxylation is 1. The number of fused-ring (bicyclic) bond motifs is 1. The summed E-state index contributed by atoms with van der Waals surface area (Å²) in [5.41, 5.74) is 3.11. The second-order valence-electron chi connectivity index (χ2n) is 7.42. The maximum Gasteiger partial charge on any atom is 0.283 e. The lowest BCUT2D eigenvalue weighted by Crippen LogP contribution is -2.25. The van der Waals surface area contributed by atoms with E-state index in [4.69, 9.17) is 16.3 Å². The summed E-state index contributed by atoms with van der Waals surface area (Å²) >= 11 is 8.77. The van der Waals surface area contributed by atoms with Gasteiger partial charge in [0.2, 0.25) is 0 Å². The normalized spacial score (nSPS) is 12.5. The van der Waals surface area contributed by atoms with E-state index in [0.29, 0.717) is 45.7 Å². The number of hydrogen-bond donors (Lipinski definition) is 1. The molecule has 1 aliphatic rings. The summed E-state index contributed by atoms with van der Waals surface area (Å²) in [6.07, 6.45) is 4.64. The van der Waals surface area contributed by atoms with Crippen LogP contribution in [0.25, 0.3) is 11.1 Å². The Morgan fingerprint density at radius 2 is 2.00 bits per heavy atom. The van der Waals surface area contributed by atoms with E-state index >= 15 is 0 Å². The molecular weight excluding hydrogens is 496 g/mol. The van der Waals surface area contributed by atoms with Crippen LogP contribution < -0.4 is 10.1 Å². The molecule has 0 unspecified atom stereocenters. The second-order valence-corrected chi connectivity index (χ2v) is 9.79. The SMILES string of the molecule is COc1cnc(Cl)cc1-c1cc(C)ncc1C(=O)Nc1nc2c(s1)CN(C(=O)c1nccs1)C2. The molecule has 5 rings (SSSR count). The zero-order chi connectivity index (χ0) is 23.8. The van der Waals surface area contributed by atoms with Gasteiger partial charge in [0, 0.05) is 34.6 Å². The number of ether oxygens (including phenoxy) is 1. The van der Waals surface area contributed by atoms with Crippen molar-refractivity contribution >= 4 is 51.2 Å². The Morgan fingerprint density at radius 1 is 1.15 bits per heavy atom. The number of carbonyl (C=O) groups excluding carboxylic acids is 2. The van der Waals surface area contributed by atoms with Crippen LogP contribution in [0, 0.1) is 6.92 Å². The summed E-state index contributed by atoms with van der Waals surface area (Å²) < 4.78 is 5.43. The van der Waals surface area contributed by atoms with Crippen molar-refractivity contribution in [2.24, 2.45) is 0 Å². The summed E-state index contributed by atoms with van der Waals surface area (Å²) in [5.74, 6) is 0.00834. The first-order chi connectivity index (χ1) is 16.4. The summed E-state index contributed by atoms with van der Waals surface area (Å²) in [5, 5.41) is 5.84. The number of nitrogens with zero attached hydrogens (tertiary/aromatic N) is 5. The molecule has 0 spiro atoms. The van der Waals surface area contributed by atoms with Gasteiger partial charge in [-0.15, -0.1) is 11.3 Å². The number of carbonyl (C=O) groups is 2. The fourth-order valence-corrected chi connectivity index (χ4v) is 5.36. The molecule has 1 N–H and O–H groups in total. The number of anilines is 1. The van der Waals surface area contributed by atoms with Crippen molar-refractivity contribution in [2.75, 3.05) is 12.4 Å². The van der Waals surface area contributed by atoms with Gasteiger partial charge in [-0.1, -0.05) is 22.9 Å². The van der Waals surface area contributed by atoms with Crippen LogP contribution in [-0.4, -0.2) is 43.8 Å². The number of thiazole rings is 2. The molecule has 0 fully saturated rings. The average Bonchev–Trinajstić information content (AvgIpc) is 3.55. The minimum Gasteiger partial charge on any atom is -0.494 e. The smallest absolute Gasteiger partial charge is 0.283 e. The maximum absolute atomic E-state index is 13.2. The molecule has 0 radical (unpaired) electrons. The van der Waals surface area contributed by atoms with Crippen molar-refractivity contribution in [1.82, 2.24) is 24.8 Å². The van der Waals surface area contributed by atoms with Crippen LogP contribution in [-0.2, 0) is 13.1 Å². The number of rotatable bonds is 5. The minimum absolute atomic E-state index is 0.119. The molecule has 0 bridgehead atoms. The van der Waals surface area contributed by atoms with Gasteiger partial charge >= 0.3 is 0 Å². The molecule has 0 aromatic carbocycles. The van der Waals surface area contributed by atoms with E-state index in [1.807, 2.05) is 6.92 Å². The van der Waals surface area contributed by atoms with Crippen LogP contribution in [0.3, 0.4) is 0 Å². The molecule has 0 aliphatic carbocycles. The first-order valence-corrected chi connectivity index (χ1v) is 12.2. The highest BCUT2D eigenvalue weighted by Crippen LogP contribution is 2.35. The lowest BCUT2D eigenvalue weighted by molar-refractivity contribution is 0.0750. The van der Waals surface area contributed by atoms with E-state index in [9.17, 15) is 9.59 Å². The number of methoxy groups -OCH3 is 1. The van der Waals surface area contributed by atoms with Crippen LogP contribution >= 0.6 is 34.3 Å². The topological polar surface area (TPSA) is 110 Å². The Labute approximate surface area is 207 Å². The quantitative estimate of drug-likeness (QED) is 0.394. The van der Waals surface area contributed by atoms with Gasteiger partial charge in [0.05, 0.1) is 42.5 Å². The third-order valence-corrected chi connectivity index (χ3v) is 7.17. The highest BCUT2D eigenvalue weighted by atomic mass is 35.5. The Bertz CT molecular complexity index is 1380. The van der Waals surface area contributed by atoms with Crippen molar-refractivity contribution in [1.29, 1.82) is 0 Å². The first kappa shape index (κ1) is 22.4. The Kier molecular flexibility index (Phi) is 5.98. The number of amides is 2. The molecule has 5 heterocycles. The highest BCUT2D eigenvalue weighted by molar-refractivity contribution is 7.16. The highest BCUT2D eigenvalue weighted by Gasteiger charge is 2.29. The lowest BCUT2D eigenvalue weighted by atomic mass is 10.0. The molecule has 4 aromatic heterocycles. The predicted molar refractivity (Wildman–Crippen MR) is 130 cm³/mol. The van der Waals surface area contributed by atoms with E-state index in [1.54, 1.807) is 28.6 Å². The standard InChI is InChI=1S/C22H17ClN6O3S2/c1-11-5-12(13-6-18(23)26-8-16(13)32-2)14(7-25-11)19(30)28-22-27-15-9-29(10-17(15)34-22)21(31)20-24-3-4-33-20/h3-8H,9-10H2,1-2H3,(H,27,28,30). The monoisotopic (exact) mass is 512 g/mol. The molecule has 2 amide bonds. The molecular formula is C22H17ClN6O3S2. The zero-order valence-corrected chi connectivity index (χ0v) is 20.4. The van der Waals surface area contributed by atoms with Crippen molar-refractivity contribution in [3.8, 4) is 16.9 Å². The van der Waals surface area contributed by atoms with E-state index in [2.05, 4.69) is 25.3 Å². The fraction of sp³-hybridized carbons (Fsp3) is 0.182. The van der Waals surface area contributed by atoms with Crippen molar-refractivity contribution in [3.05, 3.63) is 68.1 Å². The van der Waals surface area contributed by atoms with Gasteiger partial charge in [-0.2, -0.15) is 0 Å². The summed E-state index contributed by atoms with van der Waals surface area (Å²) in [6.45, 7) is 2.65. The average molecular weight is 513 g/mol. The van der Waals surface area contributed by atoms with Crippen molar-refractivity contribution in [3.63, 3.8) is 0 Å². The zero-order valence-electron chi connectivity index (χ0n) is 18.0. The number of hydrogen-bond acceptors (Lipinski definition) is 9. The van der Waals surface area contributed by atoms with E-state index in [1.165, 1.54) is 42.2 Å². The summed E-state index contributed by atoms with van der Waals surface area (Å²) in [7, 11) is 1.53. The molecule has 0 saturated carbocycles. The molecule has 9 nitrogen and oxygen atoms in total. The van der Waals surface area contributed by atoms with Crippen LogP contribution in [0.15, 0.2) is 36.1 Å². The van der Waals surface area contributed by atoms with Crippen LogP contribution in [0.5, 0.6) is 5.75 Å². The Hall–Kier alpha value is -3.41. The number of halogens is 1. The summed E-state index contributed by atoms with van der Waals surface area (Å²) in [6, 6.07) is 3.45. The molecule has 172 valence electrons. The number of nitrogens with one attached hydrogen (secondary N) is 1. The van der Waals surface area contributed by atoms with Crippen molar-refractivity contribution < 1.29 is 14.3 Å². The van der Waals surface area contributed by atoms with Gasteiger partial charge < -0.3 is 9.64 Å². The number of pyridine rings is 2. The first-order valence-electron chi connectivity index (χ1n) is 10.1. The lowest BCUT2D eigenvalue weighted by Gasteiger charge is -2.14. The molecule has 12 heteroatoms. The summed E-state index contributed by atoms with van der Waals surface area (Å²) in [4.78, 5) is 45.4. The third kappa shape index (κ3) is 4.25. The van der Waals surface area contributed by atoms with Gasteiger partial charge in [0.15, 0.2) is 10.1 Å².